The predicted molar refractivity (Wildman–Crippen MR) is 137 cm³/mol. The summed E-state index contributed by atoms with van der Waals surface area (Å²) in [6, 6.07) is 22.7. The van der Waals surface area contributed by atoms with E-state index in [-0.39, 0.29) is 5.56 Å². The van der Waals surface area contributed by atoms with Gasteiger partial charge >= 0.3 is 0 Å². The number of aryl methyl sites for hydroxylation is 1. The lowest BCUT2D eigenvalue weighted by molar-refractivity contribution is 0.530. The van der Waals surface area contributed by atoms with Gasteiger partial charge < -0.3 is 4.42 Å². The van der Waals surface area contributed by atoms with E-state index in [1.165, 1.54) is 11.8 Å². The monoisotopic (exact) mass is 499 g/mol. The molecule has 172 valence electrons. The van der Waals surface area contributed by atoms with E-state index in [1.54, 1.807) is 10.8 Å². The van der Waals surface area contributed by atoms with E-state index in [1.807, 2.05) is 84.1 Å². The summed E-state index contributed by atoms with van der Waals surface area (Å²) in [4.78, 5) is 17.9. The predicted octanol–water partition coefficient (Wildman–Crippen LogP) is 5.94. The van der Waals surface area contributed by atoms with Crippen molar-refractivity contribution in [3.8, 4) is 17.0 Å². The number of hydrogen-bond donors (Lipinski definition) is 0. The molecule has 6 rings (SSSR count). The van der Waals surface area contributed by atoms with Crippen LogP contribution in [-0.2, 0) is 5.75 Å². The second kappa shape index (κ2) is 8.72. The van der Waals surface area contributed by atoms with Crippen molar-refractivity contribution in [2.24, 2.45) is 0 Å². The minimum absolute atomic E-state index is 0.133. The zero-order chi connectivity index (χ0) is 23.9. The summed E-state index contributed by atoms with van der Waals surface area (Å²) in [6.45, 7) is 1.97. The van der Waals surface area contributed by atoms with E-state index in [0.29, 0.717) is 38.7 Å². The highest BCUT2D eigenvalue weighted by molar-refractivity contribution is 7.98. The van der Waals surface area contributed by atoms with Gasteiger partial charge in [-0.05, 0) is 55.0 Å². The minimum Gasteiger partial charge on any atom is -0.440 e. The van der Waals surface area contributed by atoms with Crippen LogP contribution in [-0.4, -0.2) is 24.1 Å². The molecule has 0 radical (unpaired) electrons. The molecule has 0 amide bonds. The molecule has 3 aromatic heterocycles. The van der Waals surface area contributed by atoms with Crippen LogP contribution in [0, 0.1) is 6.92 Å². The van der Waals surface area contributed by atoms with Gasteiger partial charge in [0, 0.05) is 10.6 Å². The van der Waals surface area contributed by atoms with Gasteiger partial charge in [0.25, 0.3) is 5.56 Å². The van der Waals surface area contributed by atoms with Crippen LogP contribution >= 0.6 is 23.4 Å². The third-order valence-electron chi connectivity index (χ3n) is 5.76. The zero-order valence-corrected chi connectivity index (χ0v) is 20.1. The molecular weight excluding hydrogens is 482 g/mol. The molecule has 0 bridgehead atoms. The lowest BCUT2D eigenvalue weighted by atomic mass is 10.2. The molecule has 7 nitrogen and oxygen atoms in total. The van der Waals surface area contributed by atoms with Gasteiger partial charge in [-0.25, -0.2) is 9.55 Å². The van der Waals surface area contributed by atoms with Crippen molar-refractivity contribution in [2.45, 2.75) is 17.8 Å². The Bertz CT molecular complexity index is 1750. The number of hydrogen-bond acceptors (Lipinski definition) is 6. The quantitative estimate of drug-likeness (QED) is 0.273. The maximum atomic E-state index is 13.5. The molecule has 0 aliphatic heterocycles. The van der Waals surface area contributed by atoms with Gasteiger partial charge in [0.1, 0.15) is 0 Å². The van der Waals surface area contributed by atoms with Gasteiger partial charge in [0.2, 0.25) is 11.7 Å². The third kappa shape index (κ3) is 3.80. The molecule has 0 fully saturated rings. The van der Waals surface area contributed by atoms with Crippen molar-refractivity contribution in [1.82, 2.24) is 24.1 Å². The Morgan fingerprint density at radius 3 is 2.57 bits per heavy atom. The number of rotatable bonds is 5. The van der Waals surface area contributed by atoms with Crippen molar-refractivity contribution in [1.29, 1.82) is 0 Å². The molecule has 0 saturated carbocycles. The number of fused-ring (bicyclic) bond motifs is 3. The highest BCUT2D eigenvalue weighted by Crippen LogP contribution is 2.28. The van der Waals surface area contributed by atoms with Gasteiger partial charge in [0.05, 0.1) is 28.5 Å². The molecule has 0 aliphatic rings. The fourth-order valence-corrected chi connectivity index (χ4v) is 4.97. The van der Waals surface area contributed by atoms with Gasteiger partial charge in [-0.15, -0.1) is 10.2 Å². The lowest BCUT2D eigenvalue weighted by Crippen LogP contribution is -2.22. The van der Waals surface area contributed by atoms with Crippen molar-refractivity contribution in [2.75, 3.05) is 0 Å². The van der Waals surface area contributed by atoms with Crippen molar-refractivity contribution in [3.63, 3.8) is 0 Å². The van der Waals surface area contributed by atoms with E-state index in [4.69, 9.17) is 16.0 Å². The first-order valence-corrected chi connectivity index (χ1v) is 12.2. The molecule has 6 aromatic rings. The molecule has 0 atom stereocenters. The largest absolute Gasteiger partial charge is 0.440 e. The third-order valence-corrected chi connectivity index (χ3v) is 6.92. The maximum absolute atomic E-state index is 13.5. The number of nitrogens with zero attached hydrogens (tertiary/aromatic N) is 5. The highest BCUT2D eigenvalue weighted by Gasteiger charge is 2.19. The molecule has 0 unspecified atom stereocenters. The Balaban J connectivity index is 1.42. The fourth-order valence-electron chi connectivity index (χ4n) is 4.05. The molecule has 3 heterocycles. The smallest absolute Gasteiger partial charge is 0.267 e. The summed E-state index contributed by atoms with van der Waals surface area (Å²) in [5.41, 5.74) is 3.26. The average molecular weight is 500 g/mol. The van der Waals surface area contributed by atoms with Crippen molar-refractivity contribution < 1.29 is 4.42 Å². The highest BCUT2D eigenvalue weighted by atomic mass is 35.5. The van der Waals surface area contributed by atoms with Gasteiger partial charge in [-0.2, -0.15) is 0 Å². The van der Waals surface area contributed by atoms with Gasteiger partial charge in [-0.1, -0.05) is 53.7 Å². The first kappa shape index (κ1) is 21.6. The summed E-state index contributed by atoms with van der Waals surface area (Å²) in [7, 11) is 0. The van der Waals surface area contributed by atoms with E-state index in [2.05, 4.69) is 15.2 Å². The van der Waals surface area contributed by atoms with E-state index in [9.17, 15) is 4.79 Å². The van der Waals surface area contributed by atoms with Crippen LogP contribution in [0.4, 0.5) is 0 Å². The Labute approximate surface area is 209 Å². The summed E-state index contributed by atoms with van der Waals surface area (Å²) < 4.78 is 9.48. The molecule has 0 aliphatic carbocycles. The number of aromatic nitrogens is 5. The van der Waals surface area contributed by atoms with Crippen molar-refractivity contribution in [3.05, 3.63) is 106 Å². The van der Waals surface area contributed by atoms with E-state index >= 15 is 0 Å². The first-order chi connectivity index (χ1) is 17.1. The van der Waals surface area contributed by atoms with Crippen LogP contribution in [0.3, 0.4) is 0 Å². The summed E-state index contributed by atoms with van der Waals surface area (Å²) >= 11 is 7.43. The molecule has 9 heteroatoms. The van der Waals surface area contributed by atoms with Crippen LogP contribution in [0.15, 0.2) is 93.4 Å². The number of thioether (sulfide) groups is 1. The first-order valence-electron chi connectivity index (χ1n) is 10.9. The minimum atomic E-state index is -0.133. The van der Waals surface area contributed by atoms with Crippen LogP contribution in [0.1, 0.15) is 11.5 Å². The van der Waals surface area contributed by atoms with E-state index in [0.717, 1.165) is 22.3 Å². The molecule has 0 spiro atoms. The summed E-state index contributed by atoms with van der Waals surface area (Å²) in [5.74, 6) is 2.14. The molecule has 0 saturated heterocycles. The molecule has 35 heavy (non-hydrogen) atoms. The number of para-hydroxylation sites is 2. The topological polar surface area (TPSA) is 78.2 Å². The Hall–Kier alpha value is -3.88. The van der Waals surface area contributed by atoms with Crippen LogP contribution < -0.4 is 5.56 Å². The molecular formula is C26H18ClN5O2S. The van der Waals surface area contributed by atoms with Crippen molar-refractivity contribution >= 4 is 40.0 Å². The standard InChI is InChI=1S/C26H18ClN5O2S/c1-16-6-2-4-8-20(16)31-24(33)19-7-3-5-9-21(19)32-25(31)29-30-26(32)35-15-23-28-14-22(34-23)17-10-12-18(27)13-11-17/h2-14H,15H2,1H3. The molecule has 0 N–H and O–H groups in total. The number of oxazole rings is 1. The van der Waals surface area contributed by atoms with Crippen LogP contribution in [0.2, 0.25) is 5.02 Å². The molecule has 3 aromatic carbocycles. The van der Waals surface area contributed by atoms with Crippen LogP contribution in [0.25, 0.3) is 33.7 Å². The maximum Gasteiger partial charge on any atom is 0.267 e. The fraction of sp³-hybridized carbons (Fsp3) is 0.0769. The Morgan fingerprint density at radius 2 is 1.74 bits per heavy atom. The second-order valence-corrected chi connectivity index (χ2v) is 9.35. The second-order valence-electron chi connectivity index (χ2n) is 7.98. The van der Waals surface area contributed by atoms with Gasteiger partial charge in [0.15, 0.2) is 10.9 Å². The van der Waals surface area contributed by atoms with E-state index < -0.39 is 0 Å². The Morgan fingerprint density at radius 1 is 0.971 bits per heavy atom. The zero-order valence-electron chi connectivity index (χ0n) is 18.6. The number of benzene rings is 3. The normalized spacial score (nSPS) is 11.5. The average Bonchev–Trinajstić information content (AvgIpc) is 3.52. The SMILES string of the molecule is Cc1ccccc1-n1c(=O)c2ccccc2n2c(SCc3ncc(-c4ccc(Cl)cc4)o3)nnc12. The van der Waals surface area contributed by atoms with Crippen LogP contribution in [0.5, 0.6) is 0 Å². The summed E-state index contributed by atoms with van der Waals surface area (Å²) in [5, 5.41) is 10.7. The lowest BCUT2D eigenvalue weighted by Gasteiger charge is -2.13. The summed E-state index contributed by atoms with van der Waals surface area (Å²) in [6.07, 6.45) is 1.70. The Kier molecular flexibility index (Phi) is 5.39. The van der Waals surface area contributed by atoms with Gasteiger partial charge in [-0.3, -0.25) is 9.20 Å². The number of halogens is 1.